The molecule has 0 bridgehead atoms. The van der Waals surface area contributed by atoms with Crippen LogP contribution in [-0.4, -0.2) is 41.0 Å². The monoisotopic (exact) mass is 321 g/mol. The normalized spacial score (nSPS) is 22.1. The summed E-state index contributed by atoms with van der Waals surface area (Å²) in [5.74, 6) is -0.301. The molecule has 0 spiro atoms. The van der Waals surface area contributed by atoms with Gasteiger partial charge in [-0.2, -0.15) is 0 Å². The van der Waals surface area contributed by atoms with Gasteiger partial charge in [0.05, 0.1) is 11.2 Å². The van der Waals surface area contributed by atoms with Crippen LogP contribution >= 0.6 is 0 Å². The molecule has 2 aliphatic heterocycles. The van der Waals surface area contributed by atoms with Crippen LogP contribution in [0.4, 0.5) is 9.18 Å². The molecule has 2 aliphatic rings. The standard InChI is InChI=1S/C16H21BFNO4/c1-15(2)16(3,4)23-17(22-15)12-5-6-13(18)10-7-8-19(14(20)21)9-11(10)12/h5-6H,7-9H2,1-4H3,(H,20,21). The van der Waals surface area contributed by atoms with Crippen molar-refractivity contribution in [3.63, 3.8) is 0 Å². The van der Waals surface area contributed by atoms with Gasteiger partial charge in [-0.3, -0.25) is 0 Å². The van der Waals surface area contributed by atoms with Crippen LogP contribution in [0.15, 0.2) is 12.1 Å². The summed E-state index contributed by atoms with van der Waals surface area (Å²) in [5.41, 5.74) is 0.943. The van der Waals surface area contributed by atoms with Crippen molar-refractivity contribution >= 4 is 18.7 Å². The van der Waals surface area contributed by atoms with E-state index >= 15 is 0 Å². The second kappa shape index (κ2) is 5.21. The lowest BCUT2D eigenvalue weighted by molar-refractivity contribution is 0.00578. The number of benzene rings is 1. The van der Waals surface area contributed by atoms with E-state index in [1.54, 1.807) is 6.07 Å². The summed E-state index contributed by atoms with van der Waals surface area (Å²) in [4.78, 5) is 12.5. The Morgan fingerprint density at radius 3 is 2.39 bits per heavy atom. The zero-order valence-electron chi connectivity index (χ0n) is 13.9. The van der Waals surface area contributed by atoms with Gasteiger partial charge in [0, 0.05) is 13.1 Å². The lowest BCUT2D eigenvalue weighted by Crippen LogP contribution is -2.43. The first-order valence-corrected chi connectivity index (χ1v) is 7.76. The Labute approximate surface area is 135 Å². The maximum Gasteiger partial charge on any atom is 0.495 e. The molecule has 3 rings (SSSR count). The van der Waals surface area contributed by atoms with Gasteiger partial charge in [0.2, 0.25) is 0 Å². The minimum Gasteiger partial charge on any atom is -0.465 e. The van der Waals surface area contributed by atoms with Gasteiger partial charge >= 0.3 is 13.2 Å². The topological polar surface area (TPSA) is 59.0 Å². The van der Waals surface area contributed by atoms with Gasteiger partial charge in [-0.15, -0.1) is 0 Å². The number of carboxylic acid groups (broad SMARTS) is 1. The first-order valence-electron chi connectivity index (χ1n) is 7.76. The van der Waals surface area contributed by atoms with Gasteiger partial charge < -0.3 is 19.3 Å². The van der Waals surface area contributed by atoms with Gasteiger partial charge in [-0.05, 0) is 56.8 Å². The van der Waals surface area contributed by atoms with E-state index in [0.29, 0.717) is 29.6 Å². The molecule has 0 atom stereocenters. The number of rotatable bonds is 1. The van der Waals surface area contributed by atoms with Crippen LogP contribution in [0.5, 0.6) is 0 Å². The van der Waals surface area contributed by atoms with Gasteiger partial charge in [0.15, 0.2) is 0 Å². The SMILES string of the molecule is CC1(C)OB(c2ccc(F)c3c2CN(C(=O)O)CC3)OC1(C)C. The van der Waals surface area contributed by atoms with Crippen molar-refractivity contribution in [1.29, 1.82) is 0 Å². The second-order valence-corrected chi connectivity index (χ2v) is 7.14. The predicted octanol–water partition coefficient (Wildman–Crippen LogP) is 2.16. The molecule has 1 amide bonds. The molecule has 1 aromatic rings. The first kappa shape index (κ1) is 16.3. The molecule has 2 heterocycles. The van der Waals surface area contributed by atoms with Crippen LogP contribution in [0.25, 0.3) is 0 Å². The first-order chi connectivity index (χ1) is 10.6. The second-order valence-electron chi connectivity index (χ2n) is 7.14. The molecule has 1 fully saturated rings. The molecule has 5 nitrogen and oxygen atoms in total. The van der Waals surface area contributed by atoms with Gasteiger partial charge in [-0.1, -0.05) is 6.07 Å². The van der Waals surface area contributed by atoms with Crippen LogP contribution < -0.4 is 5.46 Å². The summed E-state index contributed by atoms with van der Waals surface area (Å²) >= 11 is 0. The van der Waals surface area contributed by atoms with Crippen molar-refractivity contribution in [2.24, 2.45) is 0 Å². The molecule has 0 radical (unpaired) electrons. The van der Waals surface area contributed by atoms with Crippen molar-refractivity contribution < 1.29 is 23.6 Å². The average Bonchev–Trinajstić information content (AvgIpc) is 2.67. The van der Waals surface area contributed by atoms with E-state index in [9.17, 15) is 14.3 Å². The maximum atomic E-state index is 14.1. The molecule has 0 unspecified atom stereocenters. The number of fused-ring (bicyclic) bond motifs is 1. The highest BCUT2D eigenvalue weighted by Gasteiger charge is 2.52. The molecule has 7 heteroatoms. The summed E-state index contributed by atoms with van der Waals surface area (Å²) in [5, 5.41) is 9.23. The van der Waals surface area contributed by atoms with E-state index in [2.05, 4.69) is 0 Å². The third-order valence-electron chi connectivity index (χ3n) is 5.17. The summed E-state index contributed by atoms with van der Waals surface area (Å²) in [6.45, 7) is 8.26. The molecule has 0 saturated carbocycles. The molecule has 1 saturated heterocycles. The number of nitrogens with zero attached hydrogens (tertiary/aromatic N) is 1. The van der Waals surface area contributed by atoms with E-state index in [4.69, 9.17) is 9.31 Å². The Morgan fingerprint density at radius 1 is 1.22 bits per heavy atom. The summed E-state index contributed by atoms with van der Waals surface area (Å²) < 4.78 is 26.2. The summed E-state index contributed by atoms with van der Waals surface area (Å²) in [6.07, 6.45) is -0.638. The van der Waals surface area contributed by atoms with Gasteiger partial charge in [-0.25, -0.2) is 9.18 Å². The molecular formula is C16H21BFNO4. The zero-order chi connectivity index (χ0) is 17.0. The number of hydrogen-bond donors (Lipinski definition) is 1. The third-order valence-corrected chi connectivity index (χ3v) is 5.17. The number of carbonyl (C=O) groups is 1. The van der Waals surface area contributed by atoms with Crippen molar-refractivity contribution in [2.75, 3.05) is 6.54 Å². The van der Waals surface area contributed by atoms with E-state index in [1.807, 2.05) is 27.7 Å². The highest BCUT2D eigenvalue weighted by Crippen LogP contribution is 2.37. The Balaban J connectivity index is 2.01. The fourth-order valence-electron chi connectivity index (χ4n) is 3.01. The average molecular weight is 321 g/mol. The molecule has 0 aromatic heterocycles. The van der Waals surface area contributed by atoms with Crippen molar-refractivity contribution in [3.05, 3.63) is 29.1 Å². The molecule has 23 heavy (non-hydrogen) atoms. The Kier molecular flexibility index (Phi) is 3.68. The molecule has 1 aromatic carbocycles. The largest absolute Gasteiger partial charge is 0.495 e. The van der Waals surface area contributed by atoms with Crippen LogP contribution in [-0.2, 0) is 22.3 Å². The Hall–Kier alpha value is -1.60. The minimum absolute atomic E-state index is 0.155. The van der Waals surface area contributed by atoms with Crippen LogP contribution in [0.2, 0.25) is 0 Å². The maximum absolute atomic E-state index is 14.1. The number of hydrogen-bond acceptors (Lipinski definition) is 3. The fraction of sp³-hybridized carbons (Fsp3) is 0.562. The van der Waals surface area contributed by atoms with Crippen molar-refractivity contribution in [2.45, 2.75) is 51.9 Å². The fourth-order valence-corrected chi connectivity index (χ4v) is 3.01. The summed E-state index contributed by atoms with van der Waals surface area (Å²) in [7, 11) is -0.622. The Morgan fingerprint density at radius 2 is 1.83 bits per heavy atom. The van der Waals surface area contributed by atoms with Gasteiger partial charge in [0.25, 0.3) is 0 Å². The van der Waals surface area contributed by atoms with E-state index in [1.165, 1.54) is 11.0 Å². The zero-order valence-corrected chi connectivity index (χ0v) is 13.9. The quantitative estimate of drug-likeness (QED) is 0.806. The lowest BCUT2D eigenvalue weighted by atomic mass is 9.73. The van der Waals surface area contributed by atoms with E-state index in [-0.39, 0.29) is 12.4 Å². The molecule has 0 aliphatic carbocycles. The van der Waals surface area contributed by atoms with Crippen LogP contribution in [0.3, 0.4) is 0 Å². The summed E-state index contributed by atoms with van der Waals surface area (Å²) in [6, 6.07) is 3.05. The molecule has 124 valence electrons. The van der Waals surface area contributed by atoms with E-state index in [0.717, 1.165) is 0 Å². The highest BCUT2D eigenvalue weighted by molar-refractivity contribution is 6.62. The molecule has 1 N–H and O–H groups in total. The van der Waals surface area contributed by atoms with E-state index < -0.39 is 24.4 Å². The smallest absolute Gasteiger partial charge is 0.465 e. The Bertz CT molecular complexity index is 646. The van der Waals surface area contributed by atoms with Crippen LogP contribution in [0.1, 0.15) is 38.8 Å². The van der Waals surface area contributed by atoms with Crippen molar-refractivity contribution in [3.8, 4) is 0 Å². The number of amides is 1. The molecular weight excluding hydrogens is 300 g/mol. The third kappa shape index (κ3) is 2.62. The highest BCUT2D eigenvalue weighted by atomic mass is 19.1. The van der Waals surface area contributed by atoms with Crippen molar-refractivity contribution in [1.82, 2.24) is 4.90 Å². The van der Waals surface area contributed by atoms with Gasteiger partial charge in [0.1, 0.15) is 5.82 Å². The minimum atomic E-state index is -1.00. The van der Waals surface area contributed by atoms with Crippen LogP contribution in [0, 0.1) is 5.82 Å². The predicted molar refractivity (Wildman–Crippen MR) is 84.3 cm³/mol. The number of halogens is 1. The lowest BCUT2D eigenvalue weighted by Gasteiger charge is -2.32.